The zero-order valence-electron chi connectivity index (χ0n) is 15.2. The van der Waals surface area contributed by atoms with Gasteiger partial charge in [-0.1, -0.05) is 20.8 Å². The molecule has 1 unspecified atom stereocenters. The number of guanidine groups is 1. The summed E-state index contributed by atoms with van der Waals surface area (Å²) in [6.07, 6.45) is 2.19. The van der Waals surface area contributed by atoms with Crippen LogP contribution in [0.25, 0.3) is 0 Å². The van der Waals surface area contributed by atoms with Crippen molar-refractivity contribution in [2.24, 2.45) is 15.5 Å². The molecule has 8 heteroatoms. The summed E-state index contributed by atoms with van der Waals surface area (Å²) >= 11 is 1.16. The minimum Gasteiger partial charge on any atom is -0.357 e. The van der Waals surface area contributed by atoms with Crippen LogP contribution in [0.1, 0.15) is 52.3 Å². The van der Waals surface area contributed by atoms with E-state index in [4.69, 9.17) is 5.14 Å². The monoisotopic (exact) mass is 374 g/mol. The summed E-state index contributed by atoms with van der Waals surface area (Å²) < 4.78 is 22.8. The van der Waals surface area contributed by atoms with Gasteiger partial charge in [-0.25, -0.2) is 18.5 Å². The molecule has 0 saturated heterocycles. The zero-order valence-corrected chi connectivity index (χ0v) is 16.9. The van der Waals surface area contributed by atoms with Crippen molar-refractivity contribution < 1.29 is 8.42 Å². The molecule has 0 spiro atoms. The minimum absolute atomic E-state index is 0.171. The van der Waals surface area contributed by atoms with E-state index >= 15 is 0 Å². The highest BCUT2D eigenvalue weighted by Crippen LogP contribution is 2.22. The summed E-state index contributed by atoms with van der Waals surface area (Å²) in [5.41, 5.74) is 0.312. The Kier molecular flexibility index (Phi) is 7.69. The molecule has 1 atom stereocenters. The van der Waals surface area contributed by atoms with Gasteiger partial charge in [0.1, 0.15) is 4.21 Å². The first kappa shape index (κ1) is 20.9. The van der Waals surface area contributed by atoms with E-state index in [1.807, 2.05) is 6.92 Å². The molecule has 1 rings (SSSR count). The Bertz CT molecular complexity index is 645. The van der Waals surface area contributed by atoms with Crippen LogP contribution in [0.5, 0.6) is 0 Å². The SMILES string of the molecule is CCNC(=NCc1ccc(S(N)(=O)=O)s1)NC(C)CCC(C)(C)C. The van der Waals surface area contributed by atoms with Gasteiger partial charge in [0.05, 0.1) is 6.54 Å². The third kappa shape index (κ3) is 8.12. The lowest BCUT2D eigenvalue weighted by Crippen LogP contribution is -2.42. The second-order valence-electron chi connectivity index (χ2n) is 7.11. The fourth-order valence-corrected chi connectivity index (χ4v) is 3.73. The van der Waals surface area contributed by atoms with Crippen LogP contribution in [0.2, 0.25) is 0 Å². The van der Waals surface area contributed by atoms with Gasteiger partial charge in [-0.05, 0) is 44.2 Å². The Balaban J connectivity index is 2.66. The lowest BCUT2D eigenvalue weighted by atomic mass is 9.89. The first-order chi connectivity index (χ1) is 11.0. The topological polar surface area (TPSA) is 96.6 Å². The molecule has 0 bridgehead atoms. The number of primary sulfonamides is 1. The second kappa shape index (κ2) is 8.82. The van der Waals surface area contributed by atoms with Gasteiger partial charge in [0.2, 0.25) is 10.0 Å². The van der Waals surface area contributed by atoms with Crippen molar-refractivity contribution in [1.82, 2.24) is 10.6 Å². The summed E-state index contributed by atoms with van der Waals surface area (Å²) in [5.74, 6) is 0.740. The summed E-state index contributed by atoms with van der Waals surface area (Å²) in [6, 6.07) is 3.59. The van der Waals surface area contributed by atoms with Crippen molar-refractivity contribution in [1.29, 1.82) is 0 Å². The first-order valence-electron chi connectivity index (χ1n) is 8.17. The Hall–Kier alpha value is -1.12. The number of nitrogens with two attached hydrogens (primary N) is 1. The van der Waals surface area contributed by atoms with Crippen molar-refractivity contribution in [2.45, 2.75) is 64.3 Å². The Morgan fingerprint density at radius 3 is 2.54 bits per heavy atom. The standard InChI is InChI=1S/C16H30N4O2S2/c1-6-18-15(20-12(2)9-10-16(3,4)5)19-11-13-7-8-14(23-13)24(17,21)22/h7-8,12H,6,9-11H2,1-5H3,(H2,17,21,22)(H2,18,19,20). The molecule has 24 heavy (non-hydrogen) atoms. The average Bonchev–Trinajstić information content (AvgIpc) is 2.91. The van der Waals surface area contributed by atoms with E-state index < -0.39 is 10.0 Å². The number of nitrogens with one attached hydrogen (secondary N) is 2. The molecule has 0 aromatic carbocycles. The Labute approximate surface area is 150 Å². The Morgan fingerprint density at radius 1 is 1.38 bits per heavy atom. The number of rotatable bonds is 7. The van der Waals surface area contributed by atoms with E-state index in [0.717, 1.165) is 41.6 Å². The number of hydrogen-bond acceptors (Lipinski definition) is 4. The van der Waals surface area contributed by atoms with Crippen LogP contribution < -0.4 is 15.8 Å². The van der Waals surface area contributed by atoms with E-state index in [2.05, 4.69) is 43.3 Å². The summed E-state index contributed by atoms with van der Waals surface area (Å²) in [6.45, 7) is 12.0. The van der Waals surface area contributed by atoms with Crippen LogP contribution in [0, 0.1) is 5.41 Å². The average molecular weight is 375 g/mol. The van der Waals surface area contributed by atoms with Crippen molar-refractivity contribution in [3.8, 4) is 0 Å². The van der Waals surface area contributed by atoms with Crippen LogP contribution in [0.3, 0.4) is 0 Å². The van der Waals surface area contributed by atoms with Gasteiger partial charge in [-0.2, -0.15) is 0 Å². The summed E-state index contributed by atoms with van der Waals surface area (Å²) in [4.78, 5) is 5.39. The molecule has 0 aliphatic heterocycles. The van der Waals surface area contributed by atoms with E-state index in [9.17, 15) is 8.42 Å². The normalized spacial score (nSPS) is 14.5. The number of sulfonamides is 1. The van der Waals surface area contributed by atoms with Crippen LogP contribution in [0.4, 0.5) is 0 Å². The molecule has 0 aliphatic carbocycles. The predicted octanol–water partition coefficient (Wildman–Crippen LogP) is 2.67. The molecule has 0 radical (unpaired) electrons. The molecule has 0 saturated carbocycles. The quantitative estimate of drug-likeness (QED) is 0.505. The molecule has 0 fully saturated rings. The van der Waals surface area contributed by atoms with Crippen molar-refractivity contribution in [3.05, 3.63) is 17.0 Å². The molecule has 4 N–H and O–H groups in total. The minimum atomic E-state index is -3.63. The smallest absolute Gasteiger partial charge is 0.247 e. The largest absolute Gasteiger partial charge is 0.357 e. The van der Waals surface area contributed by atoms with Crippen LogP contribution in [-0.4, -0.2) is 27.0 Å². The first-order valence-corrected chi connectivity index (χ1v) is 10.5. The predicted molar refractivity (Wildman–Crippen MR) is 102 cm³/mol. The van der Waals surface area contributed by atoms with Crippen LogP contribution in [-0.2, 0) is 16.6 Å². The third-order valence-corrected chi connectivity index (χ3v) is 5.87. The van der Waals surface area contributed by atoms with Gasteiger partial charge >= 0.3 is 0 Å². The molecule has 1 aromatic rings. The molecule has 0 amide bonds. The molecule has 6 nitrogen and oxygen atoms in total. The number of hydrogen-bond donors (Lipinski definition) is 3. The van der Waals surface area contributed by atoms with Crippen LogP contribution >= 0.6 is 11.3 Å². The maximum Gasteiger partial charge on any atom is 0.247 e. The van der Waals surface area contributed by atoms with E-state index in [-0.39, 0.29) is 4.21 Å². The molecular weight excluding hydrogens is 344 g/mol. The maximum absolute atomic E-state index is 11.3. The number of nitrogens with zero attached hydrogens (tertiary/aromatic N) is 1. The van der Waals surface area contributed by atoms with Gasteiger partial charge in [0, 0.05) is 17.5 Å². The molecular formula is C16H30N4O2S2. The Morgan fingerprint density at radius 2 is 2.04 bits per heavy atom. The molecule has 0 aliphatic rings. The van der Waals surface area contributed by atoms with Gasteiger partial charge in [-0.15, -0.1) is 11.3 Å². The van der Waals surface area contributed by atoms with Gasteiger partial charge < -0.3 is 10.6 Å². The highest BCUT2D eigenvalue weighted by atomic mass is 32.2. The zero-order chi connectivity index (χ0) is 18.4. The fraction of sp³-hybridized carbons (Fsp3) is 0.688. The van der Waals surface area contributed by atoms with Gasteiger partial charge in [0.25, 0.3) is 0 Å². The van der Waals surface area contributed by atoms with E-state index in [0.29, 0.717) is 18.0 Å². The summed E-state index contributed by atoms with van der Waals surface area (Å²) in [7, 11) is -3.63. The van der Waals surface area contributed by atoms with Gasteiger partial charge in [0.15, 0.2) is 5.96 Å². The molecule has 1 aromatic heterocycles. The highest BCUT2D eigenvalue weighted by Gasteiger charge is 2.14. The lowest BCUT2D eigenvalue weighted by Gasteiger charge is -2.23. The van der Waals surface area contributed by atoms with Crippen molar-refractivity contribution >= 4 is 27.3 Å². The molecule has 138 valence electrons. The maximum atomic E-state index is 11.3. The van der Waals surface area contributed by atoms with Gasteiger partial charge in [-0.3, -0.25) is 0 Å². The van der Waals surface area contributed by atoms with Crippen molar-refractivity contribution in [3.63, 3.8) is 0 Å². The van der Waals surface area contributed by atoms with Crippen LogP contribution in [0.15, 0.2) is 21.3 Å². The van der Waals surface area contributed by atoms with Crippen molar-refractivity contribution in [2.75, 3.05) is 6.54 Å². The van der Waals surface area contributed by atoms with E-state index in [1.165, 1.54) is 6.07 Å². The third-order valence-electron chi connectivity index (χ3n) is 3.37. The lowest BCUT2D eigenvalue weighted by molar-refractivity contribution is 0.346. The second-order valence-corrected chi connectivity index (χ2v) is 10.1. The summed E-state index contributed by atoms with van der Waals surface area (Å²) in [5, 5.41) is 11.7. The fourth-order valence-electron chi connectivity index (χ4n) is 2.03. The highest BCUT2D eigenvalue weighted by molar-refractivity contribution is 7.91. The molecule has 1 heterocycles. The van der Waals surface area contributed by atoms with E-state index in [1.54, 1.807) is 6.07 Å². The number of aliphatic imine (C=N–C) groups is 1. The number of thiophene rings is 1.